The largest absolute Gasteiger partial charge is 0.460 e. The molecule has 5 heteroatoms. The SMILES string of the molecule is Cc1ccccc1CC(=O)OCc1cc(F)cc2c1O[C@H](c1ccccc1)OC2. The van der Waals surface area contributed by atoms with E-state index in [-0.39, 0.29) is 25.6 Å². The van der Waals surface area contributed by atoms with E-state index in [1.165, 1.54) is 12.1 Å². The van der Waals surface area contributed by atoms with Crippen molar-refractivity contribution in [1.29, 1.82) is 0 Å². The Kier molecular flexibility index (Phi) is 5.58. The molecule has 1 aliphatic rings. The molecule has 0 bridgehead atoms. The quantitative estimate of drug-likeness (QED) is 0.572. The highest BCUT2D eigenvalue weighted by molar-refractivity contribution is 5.73. The van der Waals surface area contributed by atoms with Crippen LogP contribution in [0.3, 0.4) is 0 Å². The number of hydrogen-bond donors (Lipinski definition) is 0. The van der Waals surface area contributed by atoms with Crippen molar-refractivity contribution < 1.29 is 23.4 Å². The molecule has 148 valence electrons. The lowest BCUT2D eigenvalue weighted by Crippen LogP contribution is -2.20. The van der Waals surface area contributed by atoms with Crippen LogP contribution in [0.5, 0.6) is 5.75 Å². The minimum Gasteiger partial charge on any atom is -0.460 e. The Hall–Kier alpha value is -3.18. The molecule has 4 nitrogen and oxygen atoms in total. The molecule has 1 heterocycles. The van der Waals surface area contributed by atoms with Gasteiger partial charge in [-0.05, 0) is 30.2 Å². The average Bonchev–Trinajstić information content (AvgIpc) is 2.74. The molecule has 0 unspecified atom stereocenters. The lowest BCUT2D eigenvalue weighted by Gasteiger charge is -2.28. The van der Waals surface area contributed by atoms with Crippen molar-refractivity contribution in [1.82, 2.24) is 0 Å². The van der Waals surface area contributed by atoms with Crippen LogP contribution < -0.4 is 4.74 Å². The van der Waals surface area contributed by atoms with Gasteiger partial charge in [-0.25, -0.2) is 4.39 Å². The number of aryl methyl sites for hydroxylation is 1. The molecule has 0 aromatic heterocycles. The van der Waals surface area contributed by atoms with Crippen molar-refractivity contribution in [2.75, 3.05) is 0 Å². The molecule has 0 saturated heterocycles. The maximum Gasteiger partial charge on any atom is 0.310 e. The molecule has 3 aromatic rings. The lowest BCUT2D eigenvalue weighted by atomic mass is 10.1. The molecule has 4 rings (SSSR count). The van der Waals surface area contributed by atoms with Gasteiger partial charge in [0.05, 0.1) is 13.0 Å². The highest BCUT2D eigenvalue weighted by Gasteiger charge is 2.25. The first kappa shape index (κ1) is 19.2. The second kappa shape index (κ2) is 8.45. The Morgan fingerprint density at radius 1 is 1.07 bits per heavy atom. The predicted octanol–water partition coefficient (Wildman–Crippen LogP) is 5.03. The maximum atomic E-state index is 14.0. The van der Waals surface area contributed by atoms with Crippen LogP contribution in [0.2, 0.25) is 0 Å². The summed E-state index contributed by atoms with van der Waals surface area (Å²) in [5.74, 6) is -0.279. The third-order valence-corrected chi connectivity index (χ3v) is 4.88. The zero-order valence-electron chi connectivity index (χ0n) is 16.1. The molecule has 3 aromatic carbocycles. The van der Waals surface area contributed by atoms with Crippen LogP contribution in [-0.2, 0) is 33.9 Å². The Morgan fingerprint density at radius 2 is 1.83 bits per heavy atom. The minimum atomic E-state index is -0.587. The van der Waals surface area contributed by atoms with E-state index < -0.39 is 12.1 Å². The number of ether oxygens (including phenoxy) is 3. The fraction of sp³-hybridized carbons (Fsp3) is 0.208. The van der Waals surface area contributed by atoms with Crippen LogP contribution in [0.1, 0.15) is 34.1 Å². The third kappa shape index (κ3) is 4.46. The summed E-state index contributed by atoms with van der Waals surface area (Å²) in [5, 5.41) is 0. The fourth-order valence-corrected chi connectivity index (χ4v) is 3.33. The highest BCUT2D eigenvalue weighted by atomic mass is 19.1. The fourth-order valence-electron chi connectivity index (χ4n) is 3.33. The minimum absolute atomic E-state index is 0.0632. The number of carbonyl (C=O) groups excluding carboxylic acids is 1. The third-order valence-electron chi connectivity index (χ3n) is 4.88. The summed E-state index contributed by atoms with van der Waals surface area (Å²) in [6.07, 6.45) is -0.420. The van der Waals surface area contributed by atoms with Crippen LogP contribution >= 0.6 is 0 Å². The van der Waals surface area contributed by atoms with Crippen LogP contribution in [0.15, 0.2) is 66.7 Å². The van der Waals surface area contributed by atoms with Gasteiger partial charge in [0.2, 0.25) is 6.29 Å². The van der Waals surface area contributed by atoms with Gasteiger partial charge >= 0.3 is 5.97 Å². The summed E-state index contributed by atoms with van der Waals surface area (Å²) in [4.78, 5) is 12.3. The van der Waals surface area contributed by atoms with Gasteiger partial charge in [-0.3, -0.25) is 4.79 Å². The molecule has 0 saturated carbocycles. The van der Waals surface area contributed by atoms with E-state index >= 15 is 0 Å². The van der Waals surface area contributed by atoms with Crippen LogP contribution in [0.4, 0.5) is 4.39 Å². The summed E-state index contributed by atoms with van der Waals surface area (Å²) < 4.78 is 31.2. The van der Waals surface area contributed by atoms with Gasteiger partial charge in [0.15, 0.2) is 0 Å². The van der Waals surface area contributed by atoms with Crippen LogP contribution in [0.25, 0.3) is 0 Å². The van der Waals surface area contributed by atoms with E-state index in [4.69, 9.17) is 14.2 Å². The molecular formula is C24H21FO4. The van der Waals surface area contributed by atoms with Gasteiger partial charge in [0.1, 0.15) is 18.2 Å². The number of halogens is 1. The predicted molar refractivity (Wildman–Crippen MR) is 106 cm³/mol. The van der Waals surface area contributed by atoms with Crippen LogP contribution in [0, 0.1) is 12.7 Å². The monoisotopic (exact) mass is 392 g/mol. The topological polar surface area (TPSA) is 44.8 Å². The number of esters is 1. The summed E-state index contributed by atoms with van der Waals surface area (Å²) in [7, 11) is 0. The Bertz CT molecular complexity index is 1020. The van der Waals surface area contributed by atoms with E-state index in [0.29, 0.717) is 16.9 Å². The average molecular weight is 392 g/mol. The van der Waals surface area contributed by atoms with E-state index in [1.807, 2.05) is 61.5 Å². The molecule has 0 N–H and O–H groups in total. The summed E-state index contributed by atoms with van der Waals surface area (Å²) >= 11 is 0. The number of fused-ring (bicyclic) bond motifs is 1. The normalized spacial score (nSPS) is 15.3. The molecule has 1 aliphatic heterocycles. The Morgan fingerprint density at radius 3 is 2.62 bits per heavy atom. The zero-order chi connectivity index (χ0) is 20.2. The summed E-state index contributed by atoms with van der Waals surface area (Å²) in [5.41, 5.74) is 3.89. The number of carbonyl (C=O) groups is 1. The molecule has 0 aliphatic carbocycles. The summed E-state index contributed by atoms with van der Waals surface area (Å²) in [6.45, 7) is 2.10. The van der Waals surface area contributed by atoms with Gasteiger partial charge in [0, 0.05) is 16.7 Å². The number of benzene rings is 3. The molecule has 1 atom stereocenters. The van der Waals surface area contributed by atoms with Crippen molar-refractivity contribution in [3.8, 4) is 5.75 Å². The summed E-state index contributed by atoms with van der Waals surface area (Å²) in [6, 6.07) is 19.9. The smallest absolute Gasteiger partial charge is 0.310 e. The second-order valence-corrected chi connectivity index (χ2v) is 6.99. The number of hydrogen-bond acceptors (Lipinski definition) is 4. The Balaban J connectivity index is 1.49. The van der Waals surface area contributed by atoms with E-state index in [9.17, 15) is 9.18 Å². The number of rotatable bonds is 5. The second-order valence-electron chi connectivity index (χ2n) is 6.99. The van der Waals surface area contributed by atoms with E-state index in [2.05, 4.69) is 0 Å². The Labute approximate surface area is 168 Å². The van der Waals surface area contributed by atoms with Gasteiger partial charge < -0.3 is 14.2 Å². The van der Waals surface area contributed by atoms with Crippen molar-refractivity contribution >= 4 is 5.97 Å². The highest BCUT2D eigenvalue weighted by Crippen LogP contribution is 2.36. The molecule has 0 spiro atoms. The standard InChI is InChI=1S/C24H21FO4/c1-16-7-5-6-10-18(16)13-22(26)27-14-19-11-21(25)12-20-15-28-24(29-23(19)20)17-8-3-2-4-9-17/h2-12,24H,13-15H2,1H3/t24-/m1/s1. The van der Waals surface area contributed by atoms with Gasteiger partial charge in [-0.15, -0.1) is 0 Å². The first-order chi connectivity index (χ1) is 14.1. The van der Waals surface area contributed by atoms with Crippen molar-refractivity contribution in [2.45, 2.75) is 32.8 Å². The molecule has 0 amide bonds. The first-order valence-corrected chi connectivity index (χ1v) is 9.45. The van der Waals surface area contributed by atoms with Crippen LogP contribution in [-0.4, -0.2) is 5.97 Å². The molecule has 0 fully saturated rings. The van der Waals surface area contributed by atoms with Crippen molar-refractivity contribution in [3.05, 3.63) is 100 Å². The maximum absolute atomic E-state index is 14.0. The van der Waals surface area contributed by atoms with Gasteiger partial charge in [0.25, 0.3) is 0 Å². The molecule has 29 heavy (non-hydrogen) atoms. The van der Waals surface area contributed by atoms with Crippen molar-refractivity contribution in [3.63, 3.8) is 0 Å². The van der Waals surface area contributed by atoms with Crippen molar-refractivity contribution in [2.24, 2.45) is 0 Å². The van der Waals surface area contributed by atoms with Gasteiger partial charge in [-0.1, -0.05) is 54.6 Å². The lowest BCUT2D eigenvalue weighted by molar-refractivity contribution is -0.144. The first-order valence-electron chi connectivity index (χ1n) is 9.45. The van der Waals surface area contributed by atoms with Gasteiger partial charge in [-0.2, -0.15) is 0 Å². The molecule has 0 radical (unpaired) electrons. The van der Waals surface area contributed by atoms with E-state index in [1.54, 1.807) is 0 Å². The van der Waals surface area contributed by atoms with E-state index in [0.717, 1.165) is 16.7 Å². The molecular weight excluding hydrogens is 371 g/mol. The zero-order valence-corrected chi connectivity index (χ0v) is 16.1.